The van der Waals surface area contributed by atoms with Crippen molar-refractivity contribution in [1.82, 2.24) is 10.7 Å². The van der Waals surface area contributed by atoms with Crippen LogP contribution < -0.4 is 15.5 Å². The minimum atomic E-state index is -0.905. The molecule has 0 saturated heterocycles. The summed E-state index contributed by atoms with van der Waals surface area (Å²) in [7, 11) is 0. The molecule has 0 aliphatic heterocycles. The average molecular weight is 522 g/mol. The van der Waals surface area contributed by atoms with E-state index in [1.54, 1.807) is 50.2 Å². The van der Waals surface area contributed by atoms with Crippen LogP contribution in [0.4, 0.5) is 0 Å². The van der Waals surface area contributed by atoms with E-state index in [0.29, 0.717) is 34.9 Å². The lowest BCUT2D eigenvalue weighted by Crippen LogP contribution is -2.49. The molecular weight excluding hydrogens is 493 g/mol. The third-order valence-electron chi connectivity index (χ3n) is 4.72. The molecule has 188 valence electrons. The number of esters is 1. The first-order valence-corrected chi connectivity index (χ1v) is 11.9. The summed E-state index contributed by atoms with van der Waals surface area (Å²) in [6.07, 6.45) is 0.933. The van der Waals surface area contributed by atoms with Gasteiger partial charge in [-0.2, -0.15) is 5.10 Å². The maximum atomic E-state index is 12.7. The Morgan fingerprint density at radius 3 is 2.31 bits per heavy atom. The fourth-order valence-electron chi connectivity index (χ4n) is 2.97. The largest absolute Gasteiger partial charge is 0.479 e. The number of halogens is 2. The Hall–Kier alpha value is -3.10. The van der Waals surface area contributed by atoms with Crippen LogP contribution >= 0.6 is 23.2 Å². The van der Waals surface area contributed by atoms with Gasteiger partial charge in [-0.1, -0.05) is 49.2 Å². The SMILES string of the molecule is CCOC(=O)c1ccc(/C=N\NC(=O)[C@@H](CC(C)C)NC(=O)[C@@H](C)Oc2ccc(Cl)cc2Cl)cc1. The van der Waals surface area contributed by atoms with Gasteiger partial charge in [0.25, 0.3) is 11.8 Å². The first kappa shape index (κ1) is 28.1. The third-order valence-corrected chi connectivity index (χ3v) is 5.25. The molecule has 0 spiro atoms. The number of rotatable bonds is 11. The van der Waals surface area contributed by atoms with E-state index in [1.165, 1.54) is 12.3 Å². The summed E-state index contributed by atoms with van der Waals surface area (Å²) >= 11 is 12.0. The molecule has 2 atom stereocenters. The number of nitrogens with one attached hydrogen (secondary N) is 2. The van der Waals surface area contributed by atoms with Gasteiger partial charge < -0.3 is 14.8 Å². The van der Waals surface area contributed by atoms with Gasteiger partial charge in [-0.15, -0.1) is 0 Å². The number of amides is 2. The van der Waals surface area contributed by atoms with Crippen molar-refractivity contribution < 1.29 is 23.9 Å². The van der Waals surface area contributed by atoms with Crippen LogP contribution in [-0.4, -0.2) is 42.8 Å². The van der Waals surface area contributed by atoms with E-state index in [0.717, 1.165) is 0 Å². The summed E-state index contributed by atoms with van der Waals surface area (Å²) in [6.45, 7) is 7.46. The zero-order chi connectivity index (χ0) is 26.0. The minimum Gasteiger partial charge on any atom is -0.479 e. The van der Waals surface area contributed by atoms with Gasteiger partial charge in [-0.05, 0) is 62.1 Å². The van der Waals surface area contributed by atoms with Gasteiger partial charge in [0.15, 0.2) is 6.10 Å². The zero-order valence-electron chi connectivity index (χ0n) is 20.0. The molecule has 0 saturated carbocycles. The Labute approximate surface area is 215 Å². The van der Waals surface area contributed by atoms with Crippen molar-refractivity contribution in [2.24, 2.45) is 11.0 Å². The Bertz CT molecular complexity index is 1060. The summed E-state index contributed by atoms with van der Waals surface area (Å²) < 4.78 is 10.6. The summed E-state index contributed by atoms with van der Waals surface area (Å²) in [4.78, 5) is 37.1. The number of carbonyl (C=O) groups excluding carboxylic acids is 3. The van der Waals surface area contributed by atoms with E-state index in [9.17, 15) is 14.4 Å². The molecule has 0 fully saturated rings. The van der Waals surface area contributed by atoms with Gasteiger partial charge in [0.2, 0.25) is 0 Å². The van der Waals surface area contributed by atoms with Crippen LogP contribution in [0, 0.1) is 5.92 Å². The Balaban J connectivity index is 1.98. The lowest BCUT2D eigenvalue weighted by Gasteiger charge is -2.22. The topological polar surface area (TPSA) is 106 Å². The Kier molecular flexibility index (Phi) is 11.0. The van der Waals surface area contributed by atoms with Gasteiger partial charge >= 0.3 is 5.97 Å². The van der Waals surface area contributed by atoms with Crippen molar-refractivity contribution in [2.45, 2.75) is 46.3 Å². The lowest BCUT2D eigenvalue weighted by atomic mass is 10.0. The zero-order valence-corrected chi connectivity index (χ0v) is 21.5. The van der Waals surface area contributed by atoms with E-state index in [-0.39, 0.29) is 10.9 Å². The highest BCUT2D eigenvalue weighted by Crippen LogP contribution is 2.28. The molecule has 2 amide bonds. The number of carbonyl (C=O) groups is 3. The number of hydrogen-bond donors (Lipinski definition) is 2. The monoisotopic (exact) mass is 521 g/mol. The van der Waals surface area contributed by atoms with Crippen molar-refractivity contribution >= 4 is 47.2 Å². The number of nitrogens with zero attached hydrogens (tertiary/aromatic N) is 1. The van der Waals surface area contributed by atoms with Crippen molar-refractivity contribution in [3.63, 3.8) is 0 Å². The fraction of sp³-hybridized carbons (Fsp3) is 0.360. The standard InChI is InChI=1S/C25H29Cl2N3O5/c1-5-34-25(33)18-8-6-17(7-9-18)14-28-30-24(32)21(12-15(2)3)29-23(31)16(4)35-22-11-10-19(26)13-20(22)27/h6-11,13-16,21H,5,12H2,1-4H3,(H,29,31)(H,30,32)/b28-14-/t16-,21-/m1/s1. The highest BCUT2D eigenvalue weighted by atomic mass is 35.5. The van der Waals surface area contributed by atoms with Crippen molar-refractivity contribution in [1.29, 1.82) is 0 Å². The van der Waals surface area contributed by atoms with Crippen LogP contribution in [-0.2, 0) is 14.3 Å². The third kappa shape index (κ3) is 9.22. The highest BCUT2D eigenvalue weighted by Gasteiger charge is 2.25. The second kappa shape index (κ2) is 13.7. The fourth-order valence-corrected chi connectivity index (χ4v) is 3.43. The van der Waals surface area contributed by atoms with Crippen LogP contribution in [0.2, 0.25) is 10.0 Å². The molecule has 0 aromatic heterocycles. The Morgan fingerprint density at radius 2 is 1.71 bits per heavy atom. The molecule has 2 aromatic carbocycles. The smallest absolute Gasteiger partial charge is 0.338 e. The number of hydrazone groups is 1. The van der Waals surface area contributed by atoms with Crippen LogP contribution in [0.1, 0.15) is 50.0 Å². The van der Waals surface area contributed by atoms with Crippen LogP contribution in [0.3, 0.4) is 0 Å². The van der Waals surface area contributed by atoms with Crippen LogP contribution in [0.5, 0.6) is 5.75 Å². The Morgan fingerprint density at radius 1 is 1.03 bits per heavy atom. The normalized spacial score (nSPS) is 12.8. The molecule has 2 N–H and O–H groups in total. The van der Waals surface area contributed by atoms with Crippen LogP contribution in [0.15, 0.2) is 47.6 Å². The number of hydrogen-bond acceptors (Lipinski definition) is 6. The van der Waals surface area contributed by atoms with Crippen LogP contribution in [0.25, 0.3) is 0 Å². The molecule has 0 radical (unpaired) electrons. The molecule has 10 heteroatoms. The number of benzene rings is 2. The van der Waals surface area contributed by atoms with E-state index in [1.807, 2.05) is 13.8 Å². The molecule has 2 rings (SSSR count). The second-order valence-electron chi connectivity index (χ2n) is 8.10. The van der Waals surface area contributed by atoms with Crippen molar-refractivity contribution in [3.05, 3.63) is 63.6 Å². The summed E-state index contributed by atoms with van der Waals surface area (Å²) in [5, 5.41) is 7.40. The van der Waals surface area contributed by atoms with Crippen molar-refractivity contribution in [2.75, 3.05) is 6.61 Å². The van der Waals surface area contributed by atoms with Gasteiger partial charge in [-0.25, -0.2) is 10.2 Å². The minimum absolute atomic E-state index is 0.132. The molecule has 0 heterocycles. The van der Waals surface area contributed by atoms with Gasteiger partial charge in [0.1, 0.15) is 11.8 Å². The summed E-state index contributed by atoms with van der Waals surface area (Å²) in [6, 6.07) is 10.4. The lowest BCUT2D eigenvalue weighted by molar-refractivity contribution is -0.132. The molecule has 0 aliphatic carbocycles. The molecule has 2 aromatic rings. The first-order valence-electron chi connectivity index (χ1n) is 11.1. The predicted molar refractivity (Wildman–Crippen MR) is 136 cm³/mol. The second-order valence-corrected chi connectivity index (χ2v) is 8.95. The molecule has 35 heavy (non-hydrogen) atoms. The molecular formula is C25H29Cl2N3O5. The van der Waals surface area contributed by atoms with Crippen molar-refractivity contribution in [3.8, 4) is 5.75 Å². The predicted octanol–water partition coefficient (Wildman–Crippen LogP) is 4.62. The van der Waals surface area contributed by atoms with Gasteiger partial charge in [0.05, 0.1) is 23.4 Å². The quantitative estimate of drug-likeness (QED) is 0.255. The average Bonchev–Trinajstić information content (AvgIpc) is 2.80. The highest BCUT2D eigenvalue weighted by molar-refractivity contribution is 6.35. The molecule has 0 aliphatic rings. The van der Waals surface area contributed by atoms with E-state index >= 15 is 0 Å². The van der Waals surface area contributed by atoms with E-state index in [4.69, 9.17) is 32.7 Å². The summed E-state index contributed by atoms with van der Waals surface area (Å²) in [5.41, 5.74) is 3.54. The van der Waals surface area contributed by atoms with Gasteiger partial charge in [-0.3, -0.25) is 9.59 Å². The molecule has 0 bridgehead atoms. The summed E-state index contributed by atoms with van der Waals surface area (Å²) in [5.74, 6) is -0.916. The number of ether oxygens (including phenoxy) is 2. The van der Waals surface area contributed by atoms with E-state index < -0.39 is 29.9 Å². The first-order chi connectivity index (χ1) is 16.6. The maximum Gasteiger partial charge on any atom is 0.338 e. The maximum absolute atomic E-state index is 12.7. The molecule has 0 unspecified atom stereocenters. The molecule has 8 nitrogen and oxygen atoms in total. The van der Waals surface area contributed by atoms with Gasteiger partial charge in [0, 0.05) is 5.02 Å². The van der Waals surface area contributed by atoms with E-state index in [2.05, 4.69) is 15.8 Å².